The molecule has 6 rings (SSSR count). The molecule has 5 aromatic carbocycles. The molecule has 1 aliphatic rings. The molecule has 1 aliphatic carbocycles. The van der Waals surface area contributed by atoms with E-state index in [-0.39, 0.29) is 35.6 Å². The molecular weight excluding hydrogens is 724 g/mol. The Hall–Kier alpha value is -2.65. The second-order valence-electron chi connectivity index (χ2n) is 14.1. The second kappa shape index (κ2) is 16.8. The van der Waals surface area contributed by atoms with Crippen LogP contribution in [0, 0.1) is 19.9 Å². The molecule has 0 bridgehead atoms. The molecule has 0 unspecified atom stereocenters. The number of aryl methyl sites for hydroxylation is 2. The summed E-state index contributed by atoms with van der Waals surface area (Å²) in [5.41, 5.74) is 14.3. The number of rotatable bonds is 2. The molecule has 0 spiro atoms. The third kappa shape index (κ3) is 10.7. The van der Waals surface area contributed by atoms with Gasteiger partial charge in [-0.05, 0) is 28.4 Å². The number of halogens is 5. The number of hydrogen-bond donors (Lipinski definition) is 0. The van der Waals surface area contributed by atoms with Crippen LogP contribution < -0.4 is 24.8 Å². The van der Waals surface area contributed by atoms with Crippen molar-refractivity contribution < 1.29 is 62.2 Å². The Morgan fingerprint density at radius 1 is 0.688 bits per heavy atom. The van der Waals surface area contributed by atoms with Crippen LogP contribution in [0.4, 0.5) is 13.2 Å². The van der Waals surface area contributed by atoms with E-state index in [0.717, 1.165) is 24.1 Å². The molecule has 5 aromatic rings. The van der Waals surface area contributed by atoms with Gasteiger partial charge in [-0.3, -0.25) is 0 Å². The minimum atomic E-state index is -4.22. The van der Waals surface area contributed by atoms with Crippen molar-refractivity contribution in [1.82, 2.24) is 0 Å². The summed E-state index contributed by atoms with van der Waals surface area (Å²) >= 11 is 1.18. The van der Waals surface area contributed by atoms with Gasteiger partial charge in [-0.2, -0.15) is 46.5 Å². The molecule has 0 aliphatic heterocycles. The third-order valence-electron chi connectivity index (χ3n) is 8.19. The molecule has 0 nitrogen and oxygen atoms in total. The van der Waals surface area contributed by atoms with Gasteiger partial charge in [0.05, 0.1) is 0 Å². The van der Waals surface area contributed by atoms with Gasteiger partial charge in [-0.15, -0.1) is 11.1 Å². The summed E-state index contributed by atoms with van der Waals surface area (Å²) in [6, 6.07) is 35.3. The van der Waals surface area contributed by atoms with E-state index >= 15 is 0 Å². The first-order valence-corrected chi connectivity index (χ1v) is 17.1. The van der Waals surface area contributed by atoms with Crippen molar-refractivity contribution >= 4 is 3.71 Å². The van der Waals surface area contributed by atoms with Crippen molar-refractivity contribution in [3.05, 3.63) is 148 Å². The van der Waals surface area contributed by atoms with Crippen molar-refractivity contribution in [2.45, 2.75) is 78.8 Å². The van der Waals surface area contributed by atoms with Crippen LogP contribution in [0.25, 0.3) is 22.3 Å². The molecule has 0 atom stereocenters. The number of benzene rings is 4. The normalized spacial score (nSPS) is 11.8. The molecule has 0 radical (unpaired) electrons. The predicted molar refractivity (Wildman–Crippen MR) is 184 cm³/mol. The Labute approximate surface area is 312 Å². The maximum absolute atomic E-state index is 12.0. The average Bonchev–Trinajstić information content (AvgIpc) is 3.54. The van der Waals surface area contributed by atoms with Crippen LogP contribution >= 0.6 is 0 Å². The molecule has 6 heteroatoms. The smallest absolute Gasteiger partial charge is 1.00 e. The molecule has 0 fully saturated rings. The van der Waals surface area contributed by atoms with Crippen LogP contribution in [0.2, 0.25) is 0 Å². The fourth-order valence-corrected chi connectivity index (χ4v) is 6.00. The fourth-order valence-electron chi connectivity index (χ4n) is 5.53. The number of hydrogen-bond acceptors (Lipinski definition) is 0. The monoisotopic (exact) mass is 764 g/mol. The average molecular weight is 767 g/mol. The van der Waals surface area contributed by atoms with Crippen LogP contribution in [-0.2, 0) is 47.7 Å². The van der Waals surface area contributed by atoms with E-state index in [1.54, 1.807) is 0 Å². The maximum Gasteiger partial charge on any atom is -1.00 e. The van der Waals surface area contributed by atoms with Crippen molar-refractivity contribution in [2.24, 2.45) is 0 Å². The molecule has 0 aromatic heterocycles. The van der Waals surface area contributed by atoms with Gasteiger partial charge in [0.2, 0.25) is 0 Å². The van der Waals surface area contributed by atoms with E-state index in [1.807, 2.05) is 3.71 Å². The molecular formula is C42H43Cl2F3Zr-2. The Morgan fingerprint density at radius 3 is 1.77 bits per heavy atom. The van der Waals surface area contributed by atoms with Gasteiger partial charge in [0.15, 0.2) is 0 Å². The van der Waals surface area contributed by atoms with Gasteiger partial charge >= 0.3 is 82.7 Å². The van der Waals surface area contributed by atoms with Gasteiger partial charge in [0, 0.05) is 0 Å². The van der Waals surface area contributed by atoms with E-state index in [9.17, 15) is 13.2 Å². The largest absolute Gasteiger partial charge is 1.00 e. The van der Waals surface area contributed by atoms with E-state index < -0.39 is 11.7 Å². The van der Waals surface area contributed by atoms with Crippen molar-refractivity contribution in [3.8, 4) is 22.3 Å². The van der Waals surface area contributed by atoms with Gasteiger partial charge in [-0.25, -0.2) is 6.07 Å². The number of fused-ring (bicyclic) bond motifs is 3. The maximum atomic E-state index is 12.0. The third-order valence-corrected chi connectivity index (χ3v) is 9.01. The van der Waals surface area contributed by atoms with Crippen LogP contribution in [-0.4, -0.2) is 3.71 Å². The zero-order chi connectivity index (χ0) is 33.9. The first kappa shape index (κ1) is 41.5. The molecule has 0 N–H and O–H groups in total. The minimum Gasteiger partial charge on any atom is -1.00 e. The summed E-state index contributed by atoms with van der Waals surface area (Å²) in [6.45, 7) is 17.9. The quantitative estimate of drug-likeness (QED) is 0.197. The standard InChI is InChI=1S/C21H25.C13H13.C8H5F3.2ClH.Zr/c1-20(2,3)16-7-9-18-14(12-16)11-15-13-17(21(4,5)6)8-10-19(15)18;1-10-8-11(2)13(9-10)12-6-4-3-5-7-12;1-6-2-4-7(5-3-6)8(9,10)11;;;/h7-10,12H,11H2,1-6H3;3-9H,1-2H3;1-5H;2*1H;/q2*-1;;;;+2/p-2. The Kier molecular flexibility index (Phi) is 14.6. The molecule has 0 saturated heterocycles. The van der Waals surface area contributed by atoms with Gasteiger partial charge in [0.25, 0.3) is 0 Å². The molecule has 252 valence electrons. The Bertz CT molecular complexity index is 1730. The summed E-state index contributed by atoms with van der Waals surface area (Å²) in [5.74, 6) is 0. The Balaban J connectivity index is 0.000000259. The zero-order valence-electron chi connectivity index (χ0n) is 28.9. The van der Waals surface area contributed by atoms with Crippen molar-refractivity contribution in [3.63, 3.8) is 0 Å². The molecule has 0 heterocycles. The van der Waals surface area contributed by atoms with E-state index in [1.165, 1.54) is 92.0 Å². The van der Waals surface area contributed by atoms with Crippen LogP contribution in [0.3, 0.4) is 0 Å². The summed E-state index contributed by atoms with van der Waals surface area (Å²) in [7, 11) is 0. The Morgan fingerprint density at radius 2 is 1.27 bits per heavy atom. The summed E-state index contributed by atoms with van der Waals surface area (Å²) < 4.78 is 37.9. The van der Waals surface area contributed by atoms with Crippen molar-refractivity contribution in [1.29, 1.82) is 0 Å². The van der Waals surface area contributed by atoms with Gasteiger partial charge in [0.1, 0.15) is 0 Å². The van der Waals surface area contributed by atoms with Crippen molar-refractivity contribution in [2.75, 3.05) is 0 Å². The first-order valence-electron chi connectivity index (χ1n) is 15.6. The van der Waals surface area contributed by atoms with Crippen LogP contribution in [0.5, 0.6) is 0 Å². The van der Waals surface area contributed by atoms with Gasteiger partial charge < -0.3 is 24.8 Å². The zero-order valence-corrected chi connectivity index (χ0v) is 32.9. The van der Waals surface area contributed by atoms with Crippen LogP contribution in [0.15, 0.2) is 97.1 Å². The predicted octanol–water partition coefficient (Wildman–Crippen LogP) is 5.75. The molecule has 0 amide bonds. The molecule has 0 saturated carbocycles. The SMILES string of the molecule is CC(C)(C)c1[c-]c2c(cc1)-c1ccc(C(C)(C)C)cc1C2.Cc1cc(-c2ccccc2)c(C)[cH-]1.FC(F)(F)c1ccc([CH]=[Zr+2])cc1.[Cl-].[Cl-]. The summed E-state index contributed by atoms with van der Waals surface area (Å²) in [6.07, 6.45) is -3.20. The number of alkyl halides is 3. The second-order valence-corrected chi connectivity index (χ2v) is 14.8. The van der Waals surface area contributed by atoms with E-state index in [0.29, 0.717) is 0 Å². The van der Waals surface area contributed by atoms with Gasteiger partial charge in [-0.1, -0.05) is 115 Å². The van der Waals surface area contributed by atoms with E-state index in [4.69, 9.17) is 0 Å². The first-order chi connectivity index (χ1) is 21.5. The van der Waals surface area contributed by atoms with Crippen LogP contribution in [0.1, 0.15) is 86.1 Å². The minimum absolute atomic E-state index is 0. The summed E-state index contributed by atoms with van der Waals surface area (Å²) in [4.78, 5) is 0. The molecule has 48 heavy (non-hydrogen) atoms. The topological polar surface area (TPSA) is 0 Å². The fraction of sp³-hybridized carbons (Fsp3) is 0.286. The van der Waals surface area contributed by atoms with E-state index in [2.05, 4.69) is 134 Å². The summed E-state index contributed by atoms with van der Waals surface area (Å²) in [5, 5.41) is 0.